The number of nitrogens with two attached hydrogens (primary N) is 1. The number of benzene rings is 1. The number of non-ortho nitro benzene ring substituents is 1. The lowest BCUT2D eigenvalue weighted by Gasteiger charge is -2.13. The summed E-state index contributed by atoms with van der Waals surface area (Å²) in [6, 6.07) is 3.90. The number of nitrogens with zero attached hydrogens (tertiary/aromatic N) is 1. The van der Waals surface area contributed by atoms with Crippen molar-refractivity contribution >= 4 is 15.5 Å². The Morgan fingerprint density at radius 1 is 1.45 bits per heavy atom. The lowest BCUT2D eigenvalue weighted by molar-refractivity contribution is -0.384. The van der Waals surface area contributed by atoms with Crippen LogP contribution in [0.1, 0.15) is 18.9 Å². The molecule has 0 amide bonds. The molecule has 8 heteroatoms. The molecule has 0 aliphatic rings. The number of hydrogen-bond donors (Lipinski definition) is 1. The third-order valence-corrected chi connectivity index (χ3v) is 5.19. The zero-order valence-corrected chi connectivity index (χ0v) is 12.2. The molecule has 1 atom stereocenters. The van der Waals surface area contributed by atoms with Gasteiger partial charge in [0.25, 0.3) is 5.69 Å². The van der Waals surface area contributed by atoms with Crippen molar-refractivity contribution in [1.82, 2.24) is 0 Å². The van der Waals surface area contributed by atoms with Crippen LogP contribution in [-0.4, -0.2) is 32.2 Å². The number of nitro groups is 1. The molecule has 0 spiro atoms. The van der Waals surface area contributed by atoms with Crippen LogP contribution in [0.3, 0.4) is 0 Å². The lowest BCUT2D eigenvalue weighted by Crippen LogP contribution is -2.23. The molecule has 0 bridgehead atoms. The summed E-state index contributed by atoms with van der Waals surface area (Å²) in [6.07, 6.45) is 0.347. The summed E-state index contributed by atoms with van der Waals surface area (Å²) in [5, 5.41) is 10.2. The minimum Gasteiger partial charge on any atom is -0.496 e. The van der Waals surface area contributed by atoms with Crippen LogP contribution in [0, 0.1) is 10.1 Å². The SMILES string of the molecule is COc1ccc([N+](=O)[O-])cc1CS(=O)(=O)C(C)CCN. The molecule has 112 valence electrons. The monoisotopic (exact) mass is 302 g/mol. The van der Waals surface area contributed by atoms with Crippen LogP contribution in [0.15, 0.2) is 18.2 Å². The van der Waals surface area contributed by atoms with E-state index in [1.54, 1.807) is 6.92 Å². The number of nitro benzene ring substituents is 1. The van der Waals surface area contributed by atoms with Gasteiger partial charge in [0.15, 0.2) is 9.84 Å². The van der Waals surface area contributed by atoms with Crippen LogP contribution in [0.2, 0.25) is 0 Å². The van der Waals surface area contributed by atoms with Gasteiger partial charge in [-0.3, -0.25) is 10.1 Å². The highest BCUT2D eigenvalue weighted by Gasteiger charge is 2.23. The van der Waals surface area contributed by atoms with E-state index in [-0.39, 0.29) is 23.5 Å². The molecular weight excluding hydrogens is 284 g/mol. The van der Waals surface area contributed by atoms with Crippen molar-refractivity contribution < 1.29 is 18.1 Å². The summed E-state index contributed by atoms with van der Waals surface area (Å²) in [5.74, 6) is 0.0121. The van der Waals surface area contributed by atoms with Crippen LogP contribution in [0.4, 0.5) is 5.69 Å². The van der Waals surface area contributed by atoms with Crippen LogP contribution < -0.4 is 10.5 Å². The molecular formula is C12H18N2O5S. The molecule has 0 heterocycles. The fourth-order valence-electron chi connectivity index (χ4n) is 1.76. The van der Waals surface area contributed by atoms with Gasteiger partial charge in [0, 0.05) is 17.7 Å². The summed E-state index contributed by atoms with van der Waals surface area (Å²) in [6.45, 7) is 1.85. The average molecular weight is 302 g/mol. The van der Waals surface area contributed by atoms with Crippen LogP contribution >= 0.6 is 0 Å². The Morgan fingerprint density at radius 3 is 2.60 bits per heavy atom. The van der Waals surface area contributed by atoms with Gasteiger partial charge in [-0.05, 0) is 26.0 Å². The van der Waals surface area contributed by atoms with Gasteiger partial charge in [0.1, 0.15) is 5.75 Å². The molecule has 0 aliphatic carbocycles. The first-order valence-electron chi connectivity index (χ1n) is 6.04. The first-order valence-corrected chi connectivity index (χ1v) is 7.76. The second-order valence-electron chi connectivity index (χ2n) is 4.45. The topological polar surface area (TPSA) is 113 Å². The van der Waals surface area contributed by atoms with Crippen LogP contribution in [0.5, 0.6) is 5.75 Å². The van der Waals surface area contributed by atoms with Gasteiger partial charge in [-0.1, -0.05) is 0 Å². The van der Waals surface area contributed by atoms with Gasteiger partial charge in [-0.15, -0.1) is 0 Å². The average Bonchev–Trinajstić information content (AvgIpc) is 2.38. The fourth-order valence-corrected chi connectivity index (χ4v) is 3.20. The molecule has 1 rings (SSSR count). The standard InChI is InChI=1S/C12H18N2O5S/c1-9(5-6-13)20(17,18)8-10-7-11(14(15)16)3-4-12(10)19-2/h3-4,7,9H,5-6,8,13H2,1-2H3. The molecule has 20 heavy (non-hydrogen) atoms. The van der Waals surface area contributed by atoms with E-state index in [2.05, 4.69) is 0 Å². The van der Waals surface area contributed by atoms with Gasteiger partial charge in [0.05, 0.1) is 23.0 Å². The van der Waals surface area contributed by atoms with E-state index in [0.717, 1.165) is 0 Å². The minimum atomic E-state index is -3.43. The molecule has 0 aliphatic heterocycles. The van der Waals surface area contributed by atoms with Crippen molar-refractivity contribution in [3.8, 4) is 5.75 Å². The van der Waals surface area contributed by atoms with Gasteiger partial charge in [-0.2, -0.15) is 0 Å². The maximum Gasteiger partial charge on any atom is 0.270 e. The van der Waals surface area contributed by atoms with E-state index in [1.807, 2.05) is 0 Å². The molecule has 2 N–H and O–H groups in total. The van der Waals surface area contributed by atoms with Crippen molar-refractivity contribution in [2.24, 2.45) is 5.73 Å². The van der Waals surface area contributed by atoms with E-state index in [4.69, 9.17) is 10.5 Å². The summed E-state index contributed by atoms with van der Waals surface area (Å²) >= 11 is 0. The highest BCUT2D eigenvalue weighted by atomic mass is 32.2. The van der Waals surface area contributed by atoms with Crippen molar-refractivity contribution in [2.75, 3.05) is 13.7 Å². The molecule has 1 aromatic carbocycles. The van der Waals surface area contributed by atoms with Gasteiger partial charge in [-0.25, -0.2) is 8.42 Å². The second-order valence-corrected chi connectivity index (χ2v) is 6.87. The van der Waals surface area contributed by atoms with Crippen molar-refractivity contribution in [3.05, 3.63) is 33.9 Å². The van der Waals surface area contributed by atoms with Crippen molar-refractivity contribution in [3.63, 3.8) is 0 Å². The zero-order valence-electron chi connectivity index (χ0n) is 11.4. The minimum absolute atomic E-state index is 0.164. The number of methoxy groups -OCH3 is 1. The summed E-state index contributed by atoms with van der Waals surface area (Å²) in [4.78, 5) is 10.2. The predicted octanol–water partition coefficient (Wildman–Crippen LogP) is 1.26. The summed E-state index contributed by atoms with van der Waals surface area (Å²) in [5.41, 5.74) is 5.48. The molecule has 0 aromatic heterocycles. The summed E-state index contributed by atoms with van der Waals surface area (Å²) in [7, 11) is -2.04. The quantitative estimate of drug-likeness (QED) is 0.599. The smallest absolute Gasteiger partial charge is 0.270 e. The molecule has 7 nitrogen and oxygen atoms in total. The number of rotatable bonds is 7. The highest BCUT2D eigenvalue weighted by molar-refractivity contribution is 7.91. The Balaban J connectivity index is 3.12. The van der Waals surface area contributed by atoms with Gasteiger partial charge < -0.3 is 10.5 Å². The number of sulfone groups is 1. The number of hydrogen-bond acceptors (Lipinski definition) is 6. The Hall–Kier alpha value is -1.67. The molecule has 0 saturated carbocycles. The lowest BCUT2D eigenvalue weighted by atomic mass is 10.2. The maximum atomic E-state index is 12.2. The van der Waals surface area contributed by atoms with Crippen molar-refractivity contribution in [2.45, 2.75) is 24.3 Å². The molecule has 1 aromatic rings. The van der Waals surface area contributed by atoms with Crippen molar-refractivity contribution in [1.29, 1.82) is 0 Å². The van der Waals surface area contributed by atoms with E-state index < -0.39 is 20.0 Å². The normalized spacial score (nSPS) is 12.9. The largest absolute Gasteiger partial charge is 0.496 e. The van der Waals surface area contributed by atoms with Gasteiger partial charge in [0.2, 0.25) is 0 Å². The maximum absolute atomic E-state index is 12.2. The third kappa shape index (κ3) is 3.91. The highest BCUT2D eigenvalue weighted by Crippen LogP contribution is 2.27. The van der Waals surface area contributed by atoms with E-state index in [9.17, 15) is 18.5 Å². The Kier molecular flexibility index (Phi) is 5.46. The van der Waals surface area contributed by atoms with E-state index in [1.165, 1.54) is 25.3 Å². The first-order chi connectivity index (χ1) is 9.31. The number of ether oxygens (including phenoxy) is 1. The van der Waals surface area contributed by atoms with Gasteiger partial charge >= 0.3 is 0 Å². The first kappa shape index (κ1) is 16.4. The summed E-state index contributed by atoms with van der Waals surface area (Å²) < 4.78 is 29.4. The Labute approximate surface area is 117 Å². The molecule has 1 unspecified atom stereocenters. The molecule has 0 radical (unpaired) electrons. The Morgan fingerprint density at radius 2 is 2.10 bits per heavy atom. The van der Waals surface area contributed by atoms with E-state index in [0.29, 0.717) is 12.2 Å². The van der Waals surface area contributed by atoms with E-state index >= 15 is 0 Å². The molecule has 0 fully saturated rings. The molecule has 0 saturated heterocycles. The fraction of sp³-hybridized carbons (Fsp3) is 0.500. The Bertz CT molecular complexity index is 586. The van der Waals surface area contributed by atoms with Crippen LogP contribution in [0.25, 0.3) is 0 Å². The van der Waals surface area contributed by atoms with Crippen LogP contribution in [-0.2, 0) is 15.6 Å². The second kappa shape index (κ2) is 6.67. The zero-order chi connectivity index (χ0) is 15.3. The third-order valence-electron chi connectivity index (χ3n) is 3.02. The predicted molar refractivity (Wildman–Crippen MR) is 75.4 cm³/mol.